The van der Waals surface area contributed by atoms with Gasteiger partial charge in [0.15, 0.2) is 5.96 Å². The van der Waals surface area contributed by atoms with Crippen LogP contribution in [-0.4, -0.2) is 27.7 Å². The van der Waals surface area contributed by atoms with E-state index in [0.717, 1.165) is 35.1 Å². The van der Waals surface area contributed by atoms with Crippen LogP contribution in [0.2, 0.25) is 0 Å². The van der Waals surface area contributed by atoms with Crippen LogP contribution >= 0.6 is 0 Å². The van der Waals surface area contributed by atoms with Crippen LogP contribution in [-0.2, 0) is 6.54 Å². The molecule has 1 aliphatic heterocycles. The molecule has 2 aliphatic rings. The molecule has 1 atom stereocenters. The number of guanidine groups is 1. The number of hydrogen-bond donors (Lipinski definition) is 2. The molecule has 2 N–H and O–H groups in total. The van der Waals surface area contributed by atoms with Gasteiger partial charge in [-0.05, 0) is 38.7 Å². The molecule has 0 radical (unpaired) electrons. The molecule has 1 aromatic carbocycles. The van der Waals surface area contributed by atoms with Crippen LogP contribution in [0.25, 0.3) is 0 Å². The zero-order valence-electron chi connectivity index (χ0n) is 16.6. The first kappa shape index (κ1) is 19.7. The SMILES string of the molecule is CCNC(=NCc1nccn1C(F)F)NC1CC2(CCCC2)Oc2ccccc21. The largest absolute Gasteiger partial charge is 0.487 e. The fraction of sp³-hybridized carbons (Fsp3) is 0.524. The molecule has 4 rings (SSSR count). The lowest BCUT2D eigenvalue weighted by atomic mass is 9.86. The van der Waals surface area contributed by atoms with Crippen molar-refractivity contribution in [2.45, 2.75) is 63.8 Å². The summed E-state index contributed by atoms with van der Waals surface area (Å²) in [5.41, 5.74) is 0.972. The molecule has 156 valence electrons. The lowest BCUT2D eigenvalue weighted by Gasteiger charge is -2.40. The van der Waals surface area contributed by atoms with Gasteiger partial charge in [-0.1, -0.05) is 18.2 Å². The Morgan fingerprint density at radius 1 is 1.34 bits per heavy atom. The Balaban J connectivity index is 1.56. The van der Waals surface area contributed by atoms with Crippen molar-refractivity contribution < 1.29 is 13.5 Å². The highest BCUT2D eigenvalue weighted by Gasteiger charge is 2.43. The molecule has 0 amide bonds. The first-order valence-electron chi connectivity index (χ1n) is 10.2. The molecule has 1 spiro atoms. The van der Waals surface area contributed by atoms with Crippen LogP contribution in [0.5, 0.6) is 5.75 Å². The first-order valence-corrected chi connectivity index (χ1v) is 10.2. The molecule has 1 fully saturated rings. The maximum absolute atomic E-state index is 13.1. The van der Waals surface area contributed by atoms with Gasteiger partial charge in [-0.3, -0.25) is 4.57 Å². The number of aliphatic imine (C=N–C) groups is 1. The molecule has 29 heavy (non-hydrogen) atoms. The number of alkyl halides is 2. The number of imidazole rings is 1. The van der Waals surface area contributed by atoms with Gasteiger partial charge in [0.05, 0.1) is 6.04 Å². The molecule has 0 saturated heterocycles. The molecule has 1 saturated carbocycles. The second-order valence-corrected chi connectivity index (χ2v) is 7.65. The van der Waals surface area contributed by atoms with Gasteiger partial charge in [0.2, 0.25) is 0 Å². The summed E-state index contributed by atoms with van der Waals surface area (Å²) in [6, 6.07) is 8.14. The number of hydrogen-bond acceptors (Lipinski definition) is 3. The van der Waals surface area contributed by atoms with Gasteiger partial charge in [-0.25, -0.2) is 9.98 Å². The van der Waals surface area contributed by atoms with Crippen LogP contribution in [0.1, 0.15) is 63.0 Å². The van der Waals surface area contributed by atoms with Gasteiger partial charge >= 0.3 is 6.55 Å². The molecule has 2 aromatic rings. The number of halogens is 2. The summed E-state index contributed by atoms with van der Waals surface area (Å²) < 4.78 is 33.4. The van der Waals surface area contributed by atoms with Crippen molar-refractivity contribution in [3.8, 4) is 5.75 Å². The highest BCUT2D eigenvalue weighted by molar-refractivity contribution is 5.80. The number of para-hydroxylation sites is 1. The van der Waals surface area contributed by atoms with E-state index in [4.69, 9.17) is 4.74 Å². The van der Waals surface area contributed by atoms with Crippen molar-refractivity contribution in [1.82, 2.24) is 20.2 Å². The van der Waals surface area contributed by atoms with Gasteiger partial charge in [-0.2, -0.15) is 8.78 Å². The summed E-state index contributed by atoms with van der Waals surface area (Å²) in [6.07, 6.45) is 7.97. The van der Waals surface area contributed by atoms with Crippen LogP contribution < -0.4 is 15.4 Å². The summed E-state index contributed by atoms with van der Waals surface area (Å²) in [5, 5.41) is 6.73. The molecule has 1 unspecified atom stereocenters. The van der Waals surface area contributed by atoms with E-state index in [1.54, 1.807) is 0 Å². The second kappa shape index (κ2) is 8.39. The Kier molecular flexibility index (Phi) is 5.69. The number of nitrogens with one attached hydrogen (secondary N) is 2. The highest BCUT2D eigenvalue weighted by Crippen LogP contribution is 2.46. The zero-order chi connectivity index (χ0) is 20.3. The lowest BCUT2D eigenvalue weighted by Crippen LogP contribution is -2.46. The maximum Gasteiger partial charge on any atom is 0.319 e. The van der Waals surface area contributed by atoms with Crippen LogP contribution in [0.3, 0.4) is 0 Å². The van der Waals surface area contributed by atoms with E-state index in [-0.39, 0.29) is 24.0 Å². The van der Waals surface area contributed by atoms with E-state index in [1.807, 2.05) is 25.1 Å². The summed E-state index contributed by atoms with van der Waals surface area (Å²) in [6.45, 7) is 0.101. The van der Waals surface area contributed by atoms with Gasteiger partial charge < -0.3 is 15.4 Å². The molecular formula is C21H27F2N5O. The molecule has 1 aromatic heterocycles. The predicted molar refractivity (Wildman–Crippen MR) is 107 cm³/mol. The van der Waals surface area contributed by atoms with Crippen LogP contribution in [0, 0.1) is 0 Å². The molecule has 2 heterocycles. The summed E-state index contributed by atoms with van der Waals surface area (Å²) >= 11 is 0. The highest BCUT2D eigenvalue weighted by atomic mass is 19.3. The average Bonchev–Trinajstić information content (AvgIpc) is 3.36. The second-order valence-electron chi connectivity index (χ2n) is 7.65. The van der Waals surface area contributed by atoms with Crippen molar-refractivity contribution in [2.75, 3.05) is 6.54 Å². The quantitative estimate of drug-likeness (QED) is 0.581. The monoisotopic (exact) mass is 403 g/mol. The smallest absolute Gasteiger partial charge is 0.319 e. The Bertz CT molecular complexity index is 860. The number of aromatic nitrogens is 2. The van der Waals surface area contributed by atoms with Crippen molar-refractivity contribution in [3.63, 3.8) is 0 Å². The van der Waals surface area contributed by atoms with Gasteiger partial charge in [0, 0.05) is 30.9 Å². The van der Waals surface area contributed by atoms with Crippen molar-refractivity contribution in [2.24, 2.45) is 4.99 Å². The van der Waals surface area contributed by atoms with E-state index in [0.29, 0.717) is 12.5 Å². The maximum atomic E-state index is 13.1. The Morgan fingerprint density at radius 2 is 2.14 bits per heavy atom. The van der Waals surface area contributed by atoms with Crippen molar-refractivity contribution in [1.29, 1.82) is 0 Å². The summed E-state index contributed by atoms with van der Waals surface area (Å²) in [4.78, 5) is 8.53. The van der Waals surface area contributed by atoms with E-state index in [9.17, 15) is 8.78 Å². The van der Waals surface area contributed by atoms with E-state index in [1.165, 1.54) is 25.2 Å². The fourth-order valence-electron chi connectivity index (χ4n) is 4.35. The summed E-state index contributed by atoms with van der Waals surface area (Å²) in [5.74, 6) is 1.74. The van der Waals surface area contributed by atoms with Crippen LogP contribution in [0.4, 0.5) is 8.78 Å². The number of ether oxygens (including phenoxy) is 1. The van der Waals surface area contributed by atoms with Crippen molar-refractivity contribution in [3.05, 3.63) is 48.0 Å². The van der Waals surface area contributed by atoms with Crippen molar-refractivity contribution >= 4 is 5.96 Å². The van der Waals surface area contributed by atoms with E-state index in [2.05, 4.69) is 26.7 Å². The minimum absolute atomic E-state index is 0.0469. The first-order chi connectivity index (χ1) is 14.1. The number of nitrogens with zero attached hydrogens (tertiary/aromatic N) is 3. The standard InChI is InChI=1S/C21H27F2N5O/c1-2-24-20(26-14-18-25-11-12-28(18)19(22)23)27-16-13-21(9-5-6-10-21)29-17-8-4-3-7-15(16)17/h3-4,7-8,11-12,16,19H,2,5-6,9-10,13-14H2,1H3,(H2,24,26,27). The Hall–Kier alpha value is -2.64. The average molecular weight is 403 g/mol. The fourth-order valence-corrected chi connectivity index (χ4v) is 4.35. The number of benzene rings is 1. The third kappa shape index (κ3) is 4.21. The number of fused-ring (bicyclic) bond motifs is 1. The van der Waals surface area contributed by atoms with E-state index < -0.39 is 6.55 Å². The van der Waals surface area contributed by atoms with Gasteiger partial charge in [-0.15, -0.1) is 0 Å². The molecule has 0 bridgehead atoms. The summed E-state index contributed by atoms with van der Waals surface area (Å²) in [7, 11) is 0. The molecule has 6 nitrogen and oxygen atoms in total. The Labute approximate surface area is 169 Å². The zero-order valence-corrected chi connectivity index (χ0v) is 16.6. The molecule has 8 heteroatoms. The minimum Gasteiger partial charge on any atom is -0.487 e. The number of rotatable bonds is 5. The third-order valence-corrected chi connectivity index (χ3v) is 5.70. The van der Waals surface area contributed by atoms with E-state index >= 15 is 0 Å². The van der Waals surface area contributed by atoms with Gasteiger partial charge in [0.1, 0.15) is 23.7 Å². The third-order valence-electron chi connectivity index (χ3n) is 5.70. The minimum atomic E-state index is -2.62. The normalized spacial score (nSPS) is 20.6. The topological polar surface area (TPSA) is 63.5 Å². The lowest BCUT2D eigenvalue weighted by molar-refractivity contribution is 0.0395. The predicted octanol–water partition coefficient (Wildman–Crippen LogP) is 4.17. The molecular weight excluding hydrogens is 376 g/mol. The van der Waals surface area contributed by atoms with Gasteiger partial charge in [0.25, 0.3) is 0 Å². The Morgan fingerprint density at radius 3 is 2.90 bits per heavy atom. The van der Waals surface area contributed by atoms with Crippen LogP contribution in [0.15, 0.2) is 41.7 Å². The molecule has 1 aliphatic carbocycles.